The molecule has 3 N–H and O–H groups in total. The summed E-state index contributed by atoms with van der Waals surface area (Å²) in [5, 5.41) is 29.3. The van der Waals surface area contributed by atoms with Crippen LogP contribution in [0.5, 0.6) is 5.75 Å². The Hall–Kier alpha value is -1.56. The smallest absolute Gasteiger partial charge is 0.303 e. The number of halogens is 1. The van der Waals surface area contributed by atoms with Crippen molar-refractivity contribution in [2.75, 3.05) is 6.61 Å². The molecular formula is C25H37ClO5. The molecule has 0 heterocycles. The van der Waals surface area contributed by atoms with Crippen molar-refractivity contribution >= 4 is 17.6 Å². The van der Waals surface area contributed by atoms with Gasteiger partial charge in [0.2, 0.25) is 0 Å². The van der Waals surface area contributed by atoms with Crippen molar-refractivity contribution in [1.29, 1.82) is 0 Å². The monoisotopic (exact) mass is 452 g/mol. The van der Waals surface area contributed by atoms with Gasteiger partial charge in [-0.05, 0) is 55.7 Å². The van der Waals surface area contributed by atoms with E-state index in [1.807, 2.05) is 36.4 Å². The number of hydrogen-bond donors (Lipinski definition) is 3. The van der Waals surface area contributed by atoms with Gasteiger partial charge in [-0.25, -0.2) is 0 Å². The number of carboxylic acid groups (broad SMARTS) is 1. The molecule has 1 aliphatic rings. The quantitative estimate of drug-likeness (QED) is 0.197. The first kappa shape index (κ1) is 25.7. The van der Waals surface area contributed by atoms with E-state index < -0.39 is 18.2 Å². The van der Waals surface area contributed by atoms with Crippen molar-refractivity contribution in [1.82, 2.24) is 0 Å². The van der Waals surface area contributed by atoms with Gasteiger partial charge < -0.3 is 20.1 Å². The second kappa shape index (κ2) is 13.8. The van der Waals surface area contributed by atoms with Crippen molar-refractivity contribution in [2.24, 2.45) is 11.8 Å². The van der Waals surface area contributed by atoms with Crippen LogP contribution in [0.2, 0.25) is 0 Å². The summed E-state index contributed by atoms with van der Waals surface area (Å²) < 4.78 is 5.95. The van der Waals surface area contributed by atoms with Crippen LogP contribution in [0, 0.1) is 11.8 Å². The van der Waals surface area contributed by atoms with Gasteiger partial charge in [-0.1, -0.05) is 50.5 Å². The highest BCUT2D eigenvalue weighted by Crippen LogP contribution is 2.39. The number of rotatable bonds is 14. The normalized spacial score (nSPS) is 24.5. The lowest BCUT2D eigenvalue weighted by molar-refractivity contribution is -0.137. The number of benzene rings is 1. The minimum atomic E-state index is -0.774. The van der Waals surface area contributed by atoms with Gasteiger partial charge in [0.05, 0.1) is 18.8 Å². The maximum Gasteiger partial charge on any atom is 0.303 e. The van der Waals surface area contributed by atoms with Crippen LogP contribution in [-0.4, -0.2) is 39.4 Å². The molecule has 0 radical (unpaired) electrons. The van der Waals surface area contributed by atoms with Crippen LogP contribution in [0.3, 0.4) is 0 Å². The summed E-state index contributed by atoms with van der Waals surface area (Å²) in [7, 11) is 0. The fraction of sp³-hybridized carbons (Fsp3) is 0.640. The van der Waals surface area contributed by atoms with E-state index >= 15 is 0 Å². The first-order chi connectivity index (χ1) is 14.9. The number of carbonyl (C=O) groups is 1. The molecule has 0 spiro atoms. The third-order valence-corrected chi connectivity index (χ3v) is 6.60. The summed E-state index contributed by atoms with van der Waals surface area (Å²) in [6, 6.07) is 7.54. The molecule has 1 saturated carbocycles. The van der Waals surface area contributed by atoms with Gasteiger partial charge >= 0.3 is 5.97 Å². The second-order valence-electron chi connectivity index (χ2n) is 8.53. The Bertz CT molecular complexity index is 675. The molecule has 31 heavy (non-hydrogen) atoms. The average molecular weight is 453 g/mol. The number of allylic oxidation sites excluding steroid dienone is 2. The fourth-order valence-corrected chi connectivity index (χ4v) is 4.64. The second-order valence-corrected chi connectivity index (χ2v) is 9.09. The number of unbranched alkanes of at least 4 members (excludes halogenated alkanes) is 3. The Labute approximate surface area is 191 Å². The van der Waals surface area contributed by atoms with Gasteiger partial charge in [-0.15, -0.1) is 11.6 Å². The Morgan fingerprint density at radius 2 is 1.94 bits per heavy atom. The summed E-state index contributed by atoms with van der Waals surface area (Å²) in [4.78, 5) is 10.6. The zero-order chi connectivity index (χ0) is 22.6. The van der Waals surface area contributed by atoms with Gasteiger partial charge in [0.1, 0.15) is 5.75 Å². The summed E-state index contributed by atoms with van der Waals surface area (Å²) >= 11 is 6.48. The van der Waals surface area contributed by atoms with Crippen LogP contribution in [0.4, 0.5) is 0 Å². The molecule has 5 nitrogen and oxygen atoms in total. The van der Waals surface area contributed by atoms with Gasteiger partial charge in [0.15, 0.2) is 0 Å². The molecule has 0 bridgehead atoms. The topological polar surface area (TPSA) is 87.0 Å². The van der Waals surface area contributed by atoms with Gasteiger partial charge in [-0.3, -0.25) is 4.79 Å². The van der Waals surface area contributed by atoms with E-state index in [9.17, 15) is 15.0 Å². The lowest BCUT2D eigenvalue weighted by Crippen LogP contribution is -2.27. The zero-order valence-electron chi connectivity index (χ0n) is 18.5. The van der Waals surface area contributed by atoms with Gasteiger partial charge in [0, 0.05) is 17.7 Å². The SMILES string of the molecule is CCCCCC(O)c1ccc(OCC2C(O)C[C@@H](Cl)[C@@H]2CC=CCCCC(=O)O)cc1. The number of aliphatic hydroxyl groups excluding tert-OH is 2. The molecular weight excluding hydrogens is 416 g/mol. The van der Waals surface area contributed by atoms with E-state index in [0.29, 0.717) is 19.4 Å². The minimum absolute atomic E-state index is 0.0505. The molecule has 5 atom stereocenters. The molecule has 1 aliphatic carbocycles. The largest absolute Gasteiger partial charge is 0.493 e. The van der Waals surface area contributed by atoms with Crippen molar-refractivity contribution < 1.29 is 24.9 Å². The van der Waals surface area contributed by atoms with E-state index in [0.717, 1.165) is 49.8 Å². The third-order valence-electron chi connectivity index (χ3n) is 6.10. The Morgan fingerprint density at radius 1 is 1.19 bits per heavy atom. The molecule has 3 unspecified atom stereocenters. The molecule has 1 aromatic rings. The summed E-state index contributed by atoms with van der Waals surface area (Å²) in [6.45, 7) is 2.54. The van der Waals surface area contributed by atoms with Crippen LogP contribution in [0.25, 0.3) is 0 Å². The van der Waals surface area contributed by atoms with Crippen molar-refractivity contribution in [3.63, 3.8) is 0 Å². The Morgan fingerprint density at radius 3 is 2.61 bits per heavy atom. The first-order valence-corrected chi connectivity index (χ1v) is 12.0. The average Bonchev–Trinajstić information content (AvgIpc) is 3.01. The van der Waals surface area contributed by atoms with Crippen LogP contribution in [0.15, 0.2) is 36.4 Å². The van der Waals surface area contributed by atoms with Gasteiger partial charge in [0.25, 0.3) is 0 Å². The molecule has 174 valence electrons. The number of alkyl halides is 1. The molecule has 1 aromatic carbocycles. The minimum Gasteiger partial charge on any atom is -0.493 e. The van der Waals surface area contributed by atoms with E-state index in [-0.39, 0.29) is 23.6 Å². The molecule has 0 amide bonds. The van der Waals surface area contributed by atoms with Gasteiger partial charge in [-0.2, -0.15) is 0 Å². The van der Waals surface area contributed by atoms with Crippen molar-refractivity contribution in [3.8, 4) is 5.75 Å². The predicted molar refractivity (Wildman–Crippen MR) is 124 cm³/mol. The molecule has 1 fully saturated rings. The van der Waals surface area contributed by atoms with Crippen molar-refractivity contribution in [2.45, 2.75) is 82.3 Å². The Balaban J connectivity index is 1.82. The van der Waals surface area contributed by atoms with Crippen LogP contribution < -0.4 is 4.74 Å². The van der Waals surface area contributed by atoms with E-state index in [2.05, 4.69) is 6.92 Å². The lowest BCUT2D eigenvalue weighted by atomic mass is 9.92. The zero-order valence-corrected chi connectivity index (χ0v) is 19.2. The lowest BCUT2D eigenvalue weighted by Gasteiger charge is -2.23. The van der Waals surface area contributed by atoms with E-state index in [1.165, 1.54) is 0 Å². The van der Waals surface area contributed by atoms with E-state index in [4.69, 9.17) is 21.4 Å². The Kier molecular flexibility index (Phi) is 11.4. The number of hydrogen-bond acceptors (Lipinski definition) is 4. The number of carboxylic acids is 1. The highest BCUT2D eigenvalue weighted by molar-refractivity contribution is 6.21. The van der Waals surface area contributed by atoms with Crippen molar-refractivity contribution in [3.05, 3.63) is 42.0 Å². The first-order valence-electron chi connectivity index (χ1n) is 11.5. The standard InChI is InChI=1S/C25H37ClO5/c1-2-3-6-10-23(27)18-12-14-19(15-13-18)31-17-21-20(22(26)16-24(21)28)9-7-4-5-8-11-25(29)30/h4,7,12-15,20-24,27-28H,2-3,5-6,8-11,16-17H2,1H3,(H,29,30)/t20-,21?,22-,23?,24?/m1/s1. The summed E-state index contributed by atoms with van der Waals surface area (Å²) in [5.41, 5.74) is 0.899. The maximum absolute atomic E-state index is 10.6. The number of ether oxygens (including phenoxy) is 1. The predicted octanol–water partition coefficient (Wildman–Crippen LogP) is 5.48. The van der Waals surface area contributed by atoms with Crippen LogP contribution >= 0.6 is 11.6 Å². The molecule has 6 heteroatoms. The fourth-order valence-electron chi connectivity index (χ4n) is 4.17. The maximum atomic E-state index is 10.6. The highest BCUT2D eigenvalue weighted by Gasteiger charge is 2.41. The number of aliphatic carboxylic acids is 1. The summed E-state index contributed by atoms with van der Waals surface area (Å²) in [5.74, 6) is 0.0135. The van der Waals surface area contributed by atoms with Crippen LogP contribution in [-0.2, 0) is 4.79 Å². The highest BCUT2D eigenvalue weighted by atomic mass is 35.5. The summed E-state index contributed by atoms with van der Waals surface area (Å²) in [6.07, 6.45) is 9.98. The third kappa shape index (κ3) is 8.83. The van der Waals surface area contributed by atoms with Crippen LogP contribution in [0.1, 0.15) is 76.4 Å². The molecule has 0 saturated heterocycles. The molecule has 0 aliphatic heterocycles. The van der Waals surface area contributed by atoms with E-state index in [1.54, 1.807) is 0 Å². The molecule has 2 rings (SSSR count). The number of aliphatic hydroxyl groups is 2. The molecule has 0 aromatic heterocycles.